The molecular formula is C30H35FN6O3. The number of alkyl carbamates (subject to hydrolysis) is 1. The minimum absolute atomic E-state index is 0.0990. The Bertz CT molecular complexity index is 1510. The maximum atomic E-state index is 14.8. The van der Waals surface area contributed by atoms with Gasteiger partial charge in [0.05, 0.1) is 25.1 Å². The summed E-state index contributed by atoms with van der Waals surface area (Å²) in [6.45, 7) is 7.38. The van der Waals surface area contributed by atoms with Crippen molar-refractivity contribution >= 4 is 22.9 Å². The molecule has 1 aliphatic heterocycles. The number of ether oxygens (including phenoxy) is 2. The number of fused-ring (bicyclic) bond motifs is 1. The van der Waals surface area contributed by atoms with E-state index in [0.29, 0.717) is 30.8 Å². The van der Waals surface area contributed by atoms with Gasteiger partial charge >= 0.3 is 6.09 Å². The average Bonchev–Trinajstić information content (AvgIpc) is 3.52. The lowest BCUT2D eigenvalue weighted by Gasteiger charge is -2.22. The maximum Gasteiger partial charge on any atom is 0.407 e. The Morgan fingerprint density at radius 2 is 1.95 bits per heavy atom. The molecule has 2 aromatic carbocycles. The molecule has 0 spiro atoms. The predicted molar refractivity (Wildman–Crippen MR) is 153 cm³/mol. The molecule has 1 atom stereocenters. The molecule has 2 aromatic heterocycles. The fraction of sp³-hybridized carbons (Fsp3) is 0.367. The molecule has 40 heavy (non-hydrogen) atoms. The van der Waals surface area contributed by atoms with E-state index in [-0.39, 0.29) is 18.4 Å². The summed E-state index contributed by atoms with van der Waals surface area (Å²) in [7, 11) is 1.64. The van der Waals surface area contributed by atoms with Crippen molar-refractivity contribution in [2.24, 2.45) is 5.73 Å². The predicted octanol–water partition coefficient (Wildman–Crippen LogP) is 4.86. The number of halogens is 1. The lowest BCUT2D eigenvalue weighted by atomic mass is 10.0. The van der Waals surface area contributed by atoms with Gasteiger partial charge in [-0.25, -0.2) is 18.9 Å². The first-order valence-corrected chi connectivity index (χ1v) is 13.4. The highest BCUT2D eigenvalue weighted by Gasteiger charge is 2.30. The van der Waals surface area contributed by atoms with Gasteiger partial charge in [0.25, 0.3) is 0 Å². The Labute approximate surface area is 233 Å². The maximum absolute atomic E-state index is 14.8. The largest absolute Gasteiger partial charge is 0.497 e. The number of methoxy groups -OCH3 is 1. The Balaban J connectivity index is 1.53. The van der Waals surface area contributed by atoms with Crippen molar-refractivity contribution in [3.05, 3.63) is 71.7 Å². The number of anilines is 1. The van der Waals surface area contributed by atoms with Crippen LogP contribution in [0.1, 0.15) is 38.3 Å². The molecule has 3 N–H and O–H groups in total. The van der Waals surface area contributed by atoms with Crippen LogP contribution in [0.2, 0.25) is 0 Å². The third-order valence-electron chi connectivity index (χ3n) is 6.90. The first-order valence-electron chi connectivity index (χ1n) is 13.4. The molecule has 1 amide bonds. The van der Waals surface area contributed by atoms with Crippen LogP contribution in [-0.4, -0.2) is 52.7 Å². The number of carbonyl (C=O) groups is 1. The van der Waals surface area contributed by atoms with Crippen molar-refractivity contribution in [1.29, 1.82) is 0 Å². The number of benzene rings is 2. The third-order valence-corrected chi connectivity index (χ3v) is 6.90. The van der Waals surface area contributed by atoms with Crippen LogP contribution in [0.15, 0.2) is 54.7 Å². The van der Waals surface area contributed by atoms with Crippen LogP contribution in [0.3, 0.4) is 0 Å². The van der Waals surface area contributed by atoms with Crippen molar-refractivity contribution in [1.82, 2.24) is 20.1 Å². The molecule has 0 aliphatic carbocycles. The number of aromatic nitrogens is 3. The van der Waals surface area contributed by atoms with Gasteiger partial charge in [-0.15, -0.1) is 0 Å². The summed E-state index contributed by atoms with van der Waals surface area (Å²) in [6, 6.07) is 14.7. The highest BCUT2D eigenvalue weighted by molar-refractivity contribution is 6.01. The van der Waals surface area contributed by atoms with Gasteiger partial charge in [0, 0.05) is 31.4 Å². The Kier molecular flexibility index (Phi) is 7.62. The highest BCUT2D eigenvalue weighted by atomic mass is 19.1. The third kappa shape index (κ3) is 5.86. The monoisotopic (exact) mass is 546 g/mol. The molecule has 0 radical (unpaired) electrons. The van der Waals surface area contributed by atoms with E-state index in [4.69, 9.17) is 25.3 Å². The number of hydrogen-bond donors (Lipinski definition) is 2. The first-order chi connectivity index (χ1) is 19.1. The number of carbonyl (C=O) groups excluding carboxylic acids is 1. The van der Waals surface area contributed by atoms with Crippen LogP contribution < -0.4 is 20.7 Å². The normalized spacial score (nSPS) is 15.4. The lowest BCUT2D eigenvalue weighted by Crippen LogP contribution is -2.40. The zero-order valence-corrected chi connectivity index (χ0v) is 23.3. The van der Waals surface area contributed by atoms with E-state index in [9.17, 15) is 9.18 Å². The summed E-state index contributed by atoms with van der Waals surface area (Å²) >= 11 is 0. The van der Waals surface area contributed by atoms with Gasteiger partial charge in [-0.1, -0.05) is 24.3 Å². The molecular weight excluding hydrogens is 511 g/mol. The number of pyridine rings is 1. The summed E-state index contributed by atoms with van der Waals surface area (Å²) in [4.78, 5) is 19.3. The molecule has 9 nitrogen and oxygen atoms in total. The van der Waals surface area contributed by atoms with Crippen LogP contribution in [0, 0.1) is 5.82 Å². The molecule has 0 bridgehead atoms. The number of nitrogens with zero attached hydrogens (tertiary/aromatic N) is 4. The van der Waals surface area contributed by atoms with E-state index in [1.54, 1.807) is 19.4 Å². The zero-order valence-electron chi connectivity index (χ0n) is 23.3. The van der Waals surface area contributed by atoms with Gasteiger partial charge < -0.3 is 25.4 Å². The molecule has 1 aliphatic rings. The standard InChI is InChI=1S/C30H35FN6O3/c1-30(2,3)40-29(38)34-22-12-14-36(18-22)28-26-24(20-7-8-21(16-32)25(31)15-20)11-13-33-27(26)37(35-28)17-19-5-9-23(39-4)10-6-19/h5-11,13,15,22H,12,14,16-18,32H2,1-4H3,(H,34,38)/t22-/m1/s1. The molecule has 1 saturated heterocycles. The van der Waals surface area contributed by atoms with Crippen LogP contribution in [0.4, 0.5) is 15.0 Å². The van der Waals surface area contributed by atoms with Gasteiger partial charge in [-0.3, -0.25) is 0 Å². The van der Waals surface area contributed by atoms with Crippen LogP contribution in [0.25, 0.3) is 22.2 Å². The van der Waals surface area contributed by atoms with Crippen LogP contribution >= 0.6 is 0 Å². The van der Waals surface area contributed by atoms with Gasteiger partial charge in [0.15, 0.2) is 11.5 Å². The second kappa shape index (κ2) is 11.1. The van der Waals surface area contributed by atoms with Gasteiger partial charge in [-0.2, -0.15) is 5.10 Å². The van der Waals surface area contributed by atoms with Crippen LogP contribution in [-0.2, 0) is 17.8 Å². The first kappa shape index (κ1) is 27.4. The minimum Gasteiger partial charge on any atom is -0.497 e. The average molecular weight is 547 g/mol. The van der Waals surface area contributed by atoms with Crippen LogP contribution in [0.5, 0.6) is 5.75 Å². The van der Waals surface area contributed by atoms with E-state index in [0.717, 1.165) is 40.1 Å². The van der Waals surface area contributed by atoms with E-state index in [2.05, 4.69) is 10.2 Å². The number of amides is 1. The fourth-order valence-electron chi connectivity index (χ4n) is 4.98. The topological polar surface area (TPSA) is 108 Å². The molecule has 3 heterocycles. The second-order valence-corrected chi connectivity index (χ2v) is 11.0. The summed E-state index contributed by atoms with van der Waals surface area (Å²) in [5.74, 6) is 1.17. The Hall–Kier alpha value is -4.18. The van der Waals surface area contributed by atoms with Gasteiger partial charge in [0.2, 0.25) is 0 Å². The number of rotatable bonds is 7. The summed E-state index contributed by atoms with van der Waals surface area (Å²) in [6.07, 6.45) is 2.02. The number of nitrogens with one attached hydrogen (secondary N) is 1. The van der Waals surface area contributed by atoms with Crippen molar-refractivity contribution in [3.63, 3.8) is 0 Å². The van der Waals surface area contributed by atoms with Crippen molar-refractivity contribution in [3.8, 4) is 16.9 Å². The molecule has 5 rings (SSSR count). The molecule has 0 saturated carbocycles. The van der Waals surface area contributed by atoms with Crippen molar-refractivity contribution in [2.45, 2.75) is 51.9 Å². The van der Waals surface area contributed by atoms with Gasteiger partial charge in [-0.05, 0) is 68.1 Å². The molecule has 4 aromatic rings. The van der Waals surface area contributed by atoms with Gasteiger partial charge in [0.1, 0.15) is 17.2 Å². The lowest BCUT2D eigenvalue weighted by molar-refractivity contribution is 0.0509. The summed E-state index contributed by atoms with van der Waals surface area (Å²) in [5, 5.41) is 8.82. The van der Waals surface area contributed by atoms with E-state index in [1.165, 1.54) is 6.07 Å². The molecule has 1 fully saturated rings. The second-order valence-electron chi connectivity index (χ2n) is 11.0. The van der Waals surface area contributed by atoms with E-state index < -0.39 is 11.7 Å². The van der Waals surface area contributed by atoms with Crippen molar-refractivity contribution in [2.75, 3.05) is 25.1 Å². The smallest absolute Gasteiger partial charge is 0.407 e. The minimum atomic E-state index is -0.575. The quantitative estimate of drug-likeness (QED) is 0.341. The number of hydrogen-bond acceptors (Lipinski definition) is 7. The number of nitrogens with two attached hydrogens (primary N) is 1. The van der Waals surface area contributed by atoms with Crippen molar-refractivity contribution < 1.29 is 18.7 Å². The SMILES string of the molecule is COc1ccc(Cn2nc(N3CC[C@@H](NC(=O)OC(C)(C)C)C3)c3c(-c4ccc(CN)c(F)c4)ccnc32)cc1. The molecule has 10 heteroatoms. The zero-order chi connectivity index (χ0) is 28.4. The van der Waals surface area contributed by atoms with E-state index in [1.807, 2.05) is 61.9 Å². The molecule has 210 valence electrons. The summed E-state index contributed by atoms with van der Waals surface area (Å²) < 4.78 is 27.4. The summed E-state index contributed by atoms with van der Waals surface area (Å²) in [5.41, 5.74) is 8.85. The highest BCUT2D eigenvalue weighted by Crippen LogP contribution is 2.37. The molecule has 0 unspecified atom stereocenters. The Morgan fingerprint density at radius 3 is 2.62 bits per heavy atom. The fourth-order valence-corrected chi connectivity index (χ4v) is 4.98. The van der Waals surface area contributed by atoms with E-state index >= 15 is 0 Å². The Morgan fingerprint density at radius 1 is 1.18 bits per heavy atom.